The molecule has 106 valence electrons. The summed E-state index contributed by atoms with van der Waals surface area (Å²) < 4.78 is 0. The van der Waals surface area contributed by atoms with Crippen LogP contribution in [0.15, 0.2) is 0 Å². The average molecular weight is 319 g/mol. The molecule has 3 heteroatoms. The predicted octanol–water partition coefficient (Wildman–Crippen LogP) is 5.23. The van der Waals surface area contributed by atoms with E-state index in [0.29, 0.717) is 0 Å². The zero-order valence-electron chi connectivity index (χ0n) is 11.4. The molecule has 0 aromatic rings. The van der Waals surface area contributed by atoms with Crippen molar-refractivity contribution in [3.63, 3.8) is 0 Å². The van der Waals surface area contributed by atoms with Crippen LogP contribution >= 0.6 is 15.9 Å². The van der Waals surface area contributed by atoms with E-state index in [0.717, 1.165) is 32.1 Å². The summed E-state index contributed by atoms with van der Waals surface area (Å²) in [5.74, 6) is -0.743. The first-order valence-corrected chi connectivity index (χ1v) is 8.17. The van der Waals surface area contributed by atoms with Crippen LogP contribution in [-0.2, 0) is 4.79 Å². The molecule has 1 unspecified atom stereocenters. The molecule has 0 aliphatic rings. The summed E-state index contributed by atoms with van der Waals surface area (Å²) in [5, 5.41) is 8.69. The molecule has 0 bridgehead atoms. The lowest BCUT2D eigenvalue weighted by molar-refractivity contribution is -0.136. The van der Waals surface area contributed by atoms with Crippen LogP contribution in [0.3, 0.4) is 0 Å². The lowest BCUT2D eigenvalue weighted by Crippen LogP contribution is -2.11. The van der Waals surface area contributed by atoms with Gasteiger partial charge in [-0.3, -0.25) is 4.79 Å². The zero-order valence-corrected chi connectivity index (χ0v) is 13.0. The van der Waals surface area contributed by atoms with Crippen molar-refractivity contribution < 1.29 is 9.90 Å². The fourth-order valence-corrected chi connectivity index (χ4v) is 2.33. The third kappa shape index (κ3) is 12.4. The van der Waals surface area contributed by atoms with E-state index in [1.807, 2.05) is 0 Å². The Balaban J connectivity index is 3.05. The maximum Gasteiger partial charge on any atom is 0.317 e. The molecule has 18 heavy (non-hydrogen) atoms. The highest BCUT2D eigenvalue weighted by Gasteiger charge is 2.11. The first-order valence-electron chi connectivity index (χ1n) is 7.25. The normalized spacial score (nSPS) is 12.6. The molecule has 0 aromatic heterocycles. The molecule has 1 atom stereocenters. The lowest BCUT2D eigenvalue weighted by atomic mass is 10.0. The topological polar surface area (TPSA) is 37.3 Å². The van der Waals surface area contributed by atoms with Crippen molar-refractivity contribution in [1.82, 2.24) is 0 Å². The maximum atomic E-state index is 10.6. The SMILES string of the molecule is [CH]CCCCCCCCCCCCC(Br)C(=O)O. The van der Waals surface area contributed by atoms with E-state index in [4.69, 9.17) is 12.0 Å². The fraction of sp³-hybridized carbons (Fsp3) is 0.867. The standard InChI is InChI=1S/C15H27BrO2/c1-2-3-4-5-6-7-8-9-10-11-12-13-14(16)15(17)18/h1,14H,2-13H2,(H,17,18). The second-order valence-corrected chi connectivity index (χ2v) is 6.02. The number of aliphatic carboxylic acids is 1. The van der Waals surface area contributed by atoms with Crippen LogP contribution in [0.5, 0.6) is 0 Å². The van der Waals surface area contributed by atoms with Crippen LogP contribution in [0.2, 0.25) is 0 Å². The zero-order chi connectivity index (χ0) is 13.6. The van der Waals surface area contributed by atoms with Gasteiger partial charge in [-0.1, -0.05) is 80.1 Å². The number of halogens is 1. The number of alkyl halides is 1. The largest absolute Gasteiger partial charge is 0.480 e. The van der Waals surface area contributed by atoms with Gasteiger partial charge in [0.25, 0.3) is 0 Å². The van der Waals surface area contributed by atoms with Crippen molar-refractivity contribution in [2.75, 3.05) is 0 Å². The number of carbonyl (C=O) groups is 1. The van der Waals surface area contributed by atoms with Crippen molar-refractivity contribution in [3.8, 4) is 0 Å². The van der Waals surface area contributed by atoms with Gasteiger partial charge in [-0.25, -0.2) is 0 Å². The van der Waals surface area contributed by atoms with Gasteiger partial charge >= 0.3 is 5.97 Å². The number of hydrogen-bond donors (Lipinski definition) is 1. The van der Waals surface area contributed by atoms with E-state index in [-0.39, 0.29) is 4.83 Å². The summed E-state index contributed by atoms with van der Waals surface area (Å²) in [6, 6.07) is 0. The van der Waals surface area contributed by atoms with Crippen molar-refractivity contribution >= 4 is 21.9 Å². The summed E-state index contributed by atoms with van der Waals surface area (Å²) in [6.45, 7) is 5.44. The molecule has 2 nitrogen and oxygen atoms in total. The minimum absolute atomic E-state index is 0.361. The molecule has 0 aliphatic carbocycles. The monoisotopic (exact) mass is 318 g/mol. The van der Waals surface area contributed by atoms with Crippen LogP contribution in [0, 0.1) is 6.92 Å². The smallest absolute Gasteiger partial charge is 0.317 e. The molecule has 0 heterocycles. The summed E-state index contributed by atoms with van der Waals surface area (Å²) in [5.41, 5.74) is 0. The predicted molar refractivity (Wildman–Crippen MR) is 80.1 cm³/mol. The fourth-order valence-electron chi connectivity index (χ4n) is 2.01. The molecule has 2 radical (unpaired) electrons. The summed E-state index contributed by atoms with van der Waals surface area (Å²) >= 11 is 3.16. The first-order chi connectivity index (χ1) is 8.68. The third-order valence-electron chi connectivity index (χ3n) is 3.18. The second-order valence-electron chi connectivity index (χ2n) is 4.92. The Labute approximate surface area is 121 Å². The molecule has 0 amide bonds. The van der Waals surface area contributed by atoms with Crippen molar-refractivity contribution in [3.05, 3.63) is 6.92 Å². The lowest BCUT2D eigenvalue weighted by Gasteiger charge is -2.04. The van der Waals surface area contributed by atoms with E-state index in [1.54, 1.807) is 0 Å². The Kier molecular flexibility index (Phi) is 13.3. The van der Waals surface area contributed by atoms with Gasteiger partial charge in [-0.15, -0.1) is 0 Å². The van der Waals surface area contributed by atoms with Gasteiger partial charge < -0.3 is 5.11 Å². The van der Waals surface area contributed by atoms with Crippen molar-refractivity contribution in [2.45, 2.75) is 81.9 Å². The highest BCUT2D eigenvalue weighted by molar-refractivity contribution is 9.10. The Morgan fingerprint density at radius 2 is 1.28 bits per heavy atom. The minimum Gasteiger partial charge on any atom is -0.480 e. The van der Waals surface area contributed by atoms with Gasteiger partial charge in [0.2, 0.25) is 0 Å². The van der Waals surface area contributed by atoms with Gasteiger partial charge in [0.15, 0.2) is 0 Å². The number of carboxylic acids is 1. The molecule has 0 saturated carbocycles. The first kappa shape index (κ1) is 17.9. The van der Waals surface area contributed by atoms with E-state index >= 15 is 0 Å². The number of unbranched alkanes of at least 4 members (excludes halogenated alkanes) is 10. The Bertz CT molecular complexity index is 195. The third-order valence-corrected chi connectivity index (χ3v) is 4.03. The molecule has 0 spiro atoms. The van der Waals surface area contributed by atoms with Crippen LogP contribution in [0.4, 0.5) is 0 Å². The molecule has 1 N–H and O–H groups in total. The van der Waals surface area contributed by atoms with Gasteiger partial charge in [0, 0.05) is 0 Å². The van der Waals surface area contributed by atoms with E-state index < -0.39 is 5.97 Å². The second kappa shape index (κ2) is 13.4. The Hall–Kier alpha value is -0.0500. The average Bonchev–Trinajstić information content (AvgIpc) is 2.35. The number of rotatable bonds is 13. The van der Waals surface area contributed by atoms with Gasteiger partial charge in [0.1, 0.15) is 4.83 Å². The van der Waals surface area contributed by atoms with Crippen LogP contribution in [-0.4, -0.2) is 15.9 Å². The maximum absolute atomic E-state index is 10.6. The summed E-state index contributed by atoms with van der Waals surface area (Å²) in [7, 11) is 0. The van der Waals surface area contributed by atoms with E-state index in [2.05, 4.69) is 15.9 Å². The molecule has 0 rings (SSSR count). The minimum atomic E-state index is -0.743. The van der Waals surface area contributed by atoms with E-state index in [1.165, 1.54) is 44.9 Å². The van der Waals surface area contributed by atoms with Crippen LogP contribution in [0.1, 0.15) is 77.0 Å². The molecule has 0 fully saturated rings. The molecule has 0 aliphatic heterocycles. The summed E-state index contributed by atoms with van der Waals surface area (Å²) in [6.07, 6.45) is 14.0. The molecular formula is C15H27BrO2. The molecule has 0 aromatic carbocycles. The van der Waals surface area contributed by atoms with Crippen molar-refractivity contribution in [1.29, 1.82) is 0 Å². The Morgan fingerprint density at radius 1 is 0.889 bits per heavy atom. The molecule has 0 saturated heterocycles. The van der Waals surface area contributed by atoms with Gasteiger partial charge in [-0.05, 0) is 19.8 Å². The number of carboxylic acid groups (broad SMARTS) is 1. The van der Waals surface area contributed by atoms with E-state index in [9.17, 15) is 4.79 Å². The molecular weight excluding hydrogens is 292 g/mol. The van der Waals surface area contributed by atoms with Crippen LogP contribution < -0.4 is 0 Å². The quantitative estimate of drug-likeness (QED) is 0.373. The highest BCUT2D eigenvalue weighted by atomic mass is 79.9. The van der Waals surface area contributed by atoms with Crippen molar-refractivity contribution in [2.24, 2.45) is 0 Å². The summed E-state index contributed by atoms with van der Waals surface area (Å²) in [4.78, 5) is 10.2. The van der Waals surface area contributed by atoms with Gasteiger partial charge in [0.05, 0.1) is 0 Å². The van der Waals surface area contributed by atoms with Gasteiger partial charge in [-0.2, -0.15) is 0 Å². The highest BCUT2D eigenvalue weighted by Crippen LogP contribution is 2.14. The Morgan fingerprint density at radius 3 is 1.67 bits per heavy atom. The van der Waals surface area contributed by atoms with Crippen LogP contribution in [0.25, 0.3) is 0 Å². The number of hydrogen-bond acceptors (Lipinski definition) is 1.